The predicted molar refractivity (Wildman–Crippen MR) is 83.1 cm³/mol. The molecule has 0 aliphatic heterocycles. The Morgan fingerprint density at radius 2 is 2.20 bits per heavy atom. The number of fused-ring (bicyclic) bond motifs is 1. The molecule has 1 atom stereocenters. The first-order valence-corrected chi connectivity index (χ1v) is 7.76. The van der Waals surface area contributed by atoms with Crippen LogP contribution in [0, 0.1) is 0 Å². The highest BCUT2D eigenvalue weighted by Crippen LogP contribution is 2.40. The molecule has 3 rings (SSSR count). The summed E-state index contributed by atoms with van der Waals surface area (Å²) in [6.45, 7) is 0. The van der Waals surface area contributed by atoms with Crippen LogP contribution >= 0.6 is 27.3 Å². The number of halogens is 1. The first kappa shape index (κ1) is 13.5. The highest BCUT2D eigenvalue weighted by atomic mass is 79.9. The molecule has 1 aromatic carbocycles. The van der Waals surface area contributed by atoms with E-state index >= 15 is 0 Å². The molecule has 104 valence electrons. The van der Waals surface area contributed by atoms with Gasteiger partial charge in [-0.1, -0.05) is 22.0 Å². The quantitative estimate of drug-likeness (QED) is 0.674. The third-order valence-electron chi connectivity index (χ3n) is 3.22. The second-order valence-electron chi connectivity index (χ2n) is 4.37. The number of oxazole rings is 1. The van der Waals surface area contributed by atoms with Crippen molar-refractivity contribution in [2.75, 3.05) is 7.11 Å². The summed E-state index contributed by atoms with van der Waals surface area (Å²) in [6, 6.07) is 7.70. The Kier molecular flexibility index (Phi) is 3.43. The van der Waals surface area contributed by atoms with Crippen LogP contribution in [0.5, 0.6) is 5.75 Å². The number of thiophene rings is 1. The van der Waals surface area contributed by atoms with Crippen molar-refractivity contribution in [2.24, 2.45) is 7.05 Å². The molecular formula is C14H12BrNO3S. The van der Waals surface area contributed by atoms with E-state index in [-0.39, 0.29) is 10.6 Å². The number of hydrogen-bond donors (Lipinski definition) is 0. The molecule has 0 fully saturated rings. The minimum atomic E-state index is -0.350. The molecule has 2 heterocycles. The van der Waals surface area contributed by atoms with Crippen LogP contribution in [-0.2, 0) is 7.05 Å². The molecule has 0 aliphatic rings. The van der Waals surface area contributed by atoms with Gasteiger partial charge in [-0.15, -0.1) is 11.3 Å². The lowest BCUT2D eigenvalue weighted by Gasteiger charge is -2.10. The first-order chi connectivity index (χ1) is 9.61. The number of rotatable bonds is 3. The van der Waals surface area contributed by atoms with Gasteiger partial charge in [0.1, 0.15) is 5.75 Å². The normalized spacial score (nSPS) is 12.8. The maximum Gasteiger partial charge on any atom is 0.419 e. The van der Waals surface area contributed by atoms with E-state index in [4.69, 9.17) is 9.15 Å². The number of methoxy groups -OCH3 is 1. The van der Waals surface area contributed by atoms with E-state index in [9.17, 15) is 4.79 Å². The van der Waals surface area contributed by atoms with Crippen molar-refractivity contribution in [3.05, 3.63) is 50.6 Å². The molecule has 0 saturated heterocycles. The zero-order valence-electron chi connectivity index (χ0n) is 10.9. The number of aryl methyl sites for hydroxylation is 1. The molecule has 6 heteroatoms. The lowest BCUT2D eigenvalue weighted by atomic mass is 10.1. The standard InChI is InChI=1S/C14H12BrNO3S/c1-16-9-4-3-8(7-11(9)19-14(16)17)12(15)13-10(18-2)5-6-20-13/h3-7,12H,1-2H3. The minimum Gasteiger partial charge on any atom is -0.496 e. The Balaban J connectivity index is 2.08. The van der Waals surface area contributed by atoms with Gasteiger partial charge in [-0.25, -0.2) is 4.79 Å². The molecule has 0 radical (unpaired) electrons. The van der Waals surface area contributed by atoms with Gasteiger partial charge in [0.2, 0.25) is 0 Å². The van der Waals surface area contributed by atoms with Crippen LogP contribution in [0.1, 0.15) is 15.3 Å². The third-order valence-corrected chi connectivity index (χ3v) is 5.47. The molecule has 0 bridgehead atoms. The van der Waals surface area contributed by atoms with E-state index in [1.165, 1.54) is 4.57 Å². The maximum absolute atomic E-state index is 11.5. The highest BCUT2D eigenvalue weighted by Gasteiger charge is 2.18. The predicted octanol–water partition coefficient (Wildman–Crippen LogP) is 3.69. The molecule has 1 unspecified atom stereocenters. The smallest absolute Gasteiger partial charge is 0.419 e. The lowest BCUT2D eigenvalue weighted by Crippen LogP contribution is -2.08. The molecule has 0 aliphatic carbocycles. The van der Waals surface area contributed by atoms with Crippen LogP contribution in [0.2, 0.25) is 0 Å². The van der Waals surface area contributed by atoms with Gasteiger partial charge in [-0.05, 0) is 29.1 Å². The second kappa shape index (κ2) is 5.10. The molecule has 20 heavy (non-hydrogen) atoms. The third kappa shape index (κ3) is 2.09. The summed E-state index contributed by atoms with van der Waals surface area (Å²) >= 11 is 5.30. The minimum absolute atomic E-state index is 0.00681. The summed E-state index contributed by atoms with van der Waals surface area (Å²) in [4.78, 5) is 12.6. The van der Waals surface area contributed by atoms with E-state index in [2.05, 4.69) is 15.9 Å². The van der Waals surface area contributed by atoms with Crippen LogP contribution in [-0.4, -0.2) is 11.7 Å². The van der Waals surface area contributed by atoms with Crippen LogP contribution < -0.4 is 10.5 Å². The summed E-state index contributed by atoms with van der Waals surface area (Å²) in [5.41, 5.74) is 2.40. The van der Waals surface area contributed by atoms with Crippen molar-refractivity contribution in [1.29, 1.82) is 0 Å². The number of benzene rings is 1. The maximum atomic E-state index is 11.5. The van der Waals surface area contributed by atoms with Gasteiger partial charge in [0.25, 0.3) is 0 Å². The van der Waals surface area contributed by atoms with E-state index < -0.39 is 0 Å². The fourth-order valence-corrected chi connectivity index (χ4v) is 3.82. The Labute approximate surface area is 127 Å². The van der Waals surface area contributed by atoms with E-state index in [0.717, 1.165) is 21.7 Å². The van der Waals surface area contributed by atoms with E-state index in [1.54, 1.807) is 25.5 Å². The van der Waals surface area contributed by atoms with Crippen molar-refractivity contribution in [2.45, 2.75) is 4.83 Å². The van der Waals surface area contributed by atoms with Crippen molar-refractivity contribution < 1.29 is 9.15 Å². The van der Waals surface area contributed by atoms with Crippen molar-refractivity contribution in [3.63, 3.8) is 0 Å². The summed E-state index contributed by atoms with van der Waals surface area (Å²) in [5.74, 6) is 0.503. The number of hydrogen-bond acceptors (Lipinski definition) is 4. The zero-order chi connectivity index (χ0) is 14.3. The number of nitrogens with zero attached hydrogens (tertiary/aromatic N) is 1. The molecule has 0 saturated carbocycles. The van der Waals surface area contributed by atoms with Gasteiger partial charge in [0.15, 0.2) is 5.58 Å². The Hall–Kier alpha value is -1.53. The van der Waals surface area contributed by atoms with Gasteiger partial charge in [0.05, 0.1) is 22.3 Å². The SMILES string of the molecule is COc1ccsc1C(Br)c1ccc2c(c1)oc(=O)n2C. The largest absolute Gasteiger partial charge is 0.496 e. The highest BCUT2D eigenvalue weighted by molar-refractivity contribution is 9.09. The molecule has 0 N–H and O–H groups in total. The Morgan fingerprint density at radius 1 is 1.40 bits per heavy atom. The molecule has 0 spiro atoms. The Bertz CT molecular complexity index is 817. The number of alkyl halides is 1. The summed E-state index contributed by atoms with van der Waals surface area (Å²) < 4.78 is 12.1. The van der Waals surface area contributed by atoms with Gasteiger partial charge in [-0.3, -0.25) is 4.57 Å². The monoisotopic (exact) mass is 353 g/mol. The van der Waals surface area contributed by atoms with Crippen LogP contribution in [0.3, 0.4) is 0 Å². The van der Waals surface area contributed by atoms with Gasteiger partial charge >= 0.3 is 5.76 Å². The van der Waals surface area contributed by atoms with Crippen LogP contribution in [0.15, 0.2) is 38.9 Å². The molecular weight excluding hydrogens is 342 g/mol. The molecule has 2 aromatic heterocycles. The fourth-order valence-electron chi connectivity index (χ4n) is 2.12. The summed E-state index contributed by atoms with van der Waals surface area (Å²) in [6.07, 6.45) is 0. The van der Waals surface area contributed by atoms with Gasteiger partial charge < -0.3 is 9.15 Å². The summed E-state index contributed by atoms with van der Waals surface area (Å²) in [5, 5.41) is 1.99. The fraction of sp³-hybridized carbons (Fsp3) is 0.214. The van der Waals surface area contributed by atoms with Crippen LogP contribution in [0.4, 0.5) is 0 Å². The average Bonchev–Trinajstić information content (AvgIpc) is 3.03. The molecule has 0 amide bonds. The topological polar surface area (TPSA) is 44.4 Å². The second-order valence-corrected chi connectivity index (χ2v) is 6.23. The Morgan fingerprint density at radius 3 is 2.95 bits per heavy atom. The van der Waals surface area contributed by atoms with Crippen molar-refractivity contribution in [3.8, 4) is 5.75 Å². The first-order valence-electron chi connectivity index (χ1n) is 5.96. The van der Waals surface area contributed by atoms with E-state index in [0.29, 0.717) is 5.58 Å². The van der Waals surface area contributed by atoms with Gasteiger partial charge in [0, 0.05) is 7.05 Å². The number of ether oxygens (including phenoxy) is 1. The molecule has 3 aromatic rings. The average molecular weight is 354 g/mol. The lowest BCUT2D eigenvalue weighted by molar-refractivity contribution is 0.413. The zero-order valence-corrected chi connectivity index (χ0v) is 13.3. The van der Waals surface area contributed by atoms with Crippen molar-refractivity contribution >= 4 is 38.4 Å². The molecule has 4 nitrogen and oxygen atoms in total. The summed E-state index contributed by atoms with van der Waals surface area (Å²) in [7, 11) is 3.35. The van der Waals surface area contributed by atoms with Gasteiger partial charge in [-0.2, -0.15) is 0 Å². The van der Waals surface area contributed by atoms with Crippen molar-refractivity contribution in [1.82, 2.24) is 4.57 Å². The number of aromatic nitrogens is 1. The van der Waals surface area contributed by atoms with Crippen LogP contribution in [0.25, 0.3) is 11.1 Å². The van der Waals surface area contributed by atoms with E-state index in [1.807, 2.05) is 29.6 Å².